The van der Waals surface area contributed by atoms with Crippen molar-refractivity contribution < 1.29 is 26.7 Å². The van der Waals surface area contributed by atoms with Crippen LogP contribution in [0.25, 0.3) is 0 Å². The van der Waals surface area contributed by atoms with Gasteiger partial charge >= 0.3 is 5.97 Å². The molecule has 0 amide bonds. The van der Waals surface area contributed by atoms with Crippen molar-refractivity contribution in [2.24, 2.45) is 5.92 Å². The molecule has 0 aliphatic carbocycles. The molecular weight excluding hydrogens is 270 g/mol. The largest absolute Gasteiger partial charge is 0.481 e. The summed E-state index contributed by atoms with van der Waals surface area (Å²) < 4.78 is 46.4. The van der Waals surface area contributed by atoms with E-state index >= 15 is 0 Å². The molecule has 17 heavy (non-hydrogen) atoms. The number of nitrogens with one attached hydrogen (secondary N) is 1. The van der Waals surface area contributed by atoms with Crippen molar-refractivity contribution in [1.29, 1.82) is 0 Å². The Hall–Kier alpha value is -0.670. The van der Waals surface area contributed by atoms with Gasteiger partial charge in [0.05, 0.1) is 0 Å². The van der Waals surface area contributed by atoms with Crippen LogP contribution in [0.2, 0.25) is 0 Å². The third-order valence-corrected chi connectivity index (χ3v) is 5.56. The average Bonchev–Trinajstić information content (AvgIpc) is 2.07. The molecule has 7 nitrogen and oxygen atoms in total. The molecule has 1 atom stereocenters. The number of sulfonamides is 1. The zero-order valence-electron chi connectivity index (χ0n) is 9.71. The Morgan fingerprint density at radius 1 is 1.29 bits per heavy atom. The molecule has 0 spiro atoms. The van der Waals surface area contributed by atoms with Crippen LogP contribution in [-0.2, 0) is 24.7 Å². The summed E-state index contributed by atoms with van der Waals surface area (Å²) >= 11 is 0. The highest BCUT2D eigenvalue weighted by Crippen LogP contribution is 2.07. The van der Waals surface area contributed by atoms with E-state index in [4.69, 9.17) is 5.11 Å². The lowest BCUT2D eigenvalue weighted by atomic mass is 10.0. The standard InChI is InChI=1S/C8H17NO6S2/c1-3-7(4-8(10)11)5-9-17(14,15)6-16(2,12)13/h7,9H,3-6H2,1-2H3,(H,10,11). The second kappa shape index (κ2) is 6.31. The van der Waals surface area contributed by atoms with E-state index in [1.54, 1.807) is 6.92 Å². The van der Waals surface area contributed by atoms with Crippen molar-refractivity contribution >= 4 is 25.8 Å². The molecule has 0 aliphatic heterocycles. The molecule has 0 saturated carbocycles. The van der Waals surface area contributed by atoms with Crippen LogP contribution in [0.4, 0.5) is 0 Å². The SMILES string of the molecule is CCC(CNS(=O)(=O)CS(C)(=O)=O)CC(=O)O. The summed E-state index contributed by atoms with van der Waals surface area (Å²) in [4.78, 5) is 10.4. The Balaban J connectivity index is 4.39. The Labute approximate surface area is 101 Å². The van der Waals surface area contributed by atoms with Gasteiger partial charge in [0, 0.05) is 19.2 Å². The van der Waals surface area contributed by atoms with Crippen molar-refractivity contribution in [2.45, 2.75) is 19.8 Å². The highest BCUT2D eigenvalue weighted by atomic mass is 32.3. The average molecular weight is 287 g/mol. The highest BCUT2D eigenvalue weighted by molar-refractivity contribution is 8.06. The molecule has 0 radical (unpaired) electrons. The minimum absolute atomic E-state index is 0.0688. The van der Waals surface area contributed by atoms with Crippen LogP contribution in [-0.4, -0.2) is 45.8 Å². The number of carbonyl (C=O) groups is 1. The Morgan fingerprint density at radius 3 is 2.18 bits per heavy atom. The number of hydrogen-bond acceptors (Lipinski definition) is 5. The molecule has 102 valence electrons. The van der Waals surface area contributed by atoms with Crippen LogP contribution < -0.4 is 4.72 Å². The smallest absolute Gasteiger partial charge is 0.303 e. The molecule has 9 heteroatoms. The molecule has 0 aromatic rings. The fraction of sp³-hybridized carbons (Fsp3) is 0.875. The van der Waals surface area contributed by atoms with Crippen LogP contribution in [0, 0.1) is 5.92 Å². The molecule has 0 saturated heterocycles. The van der Waals surface area contributed by atoms with Gasteiger partial charge in [-0.3, -0.25) is 4.79 Å². The lowest BCUT2D eigenvalue weighted by molar-refractivity contribution is -0.138. The van der Waals surface area contributed by atoms with Crippen molar-refractivity contribution in [3.63, 3.8) is 0 Å². The van der Waals surface area contributed by atoms with Crippen LogP contribution in [0.1, 0.15) is 19.8 Å². The lowest BCUT2D eigenvalue weighted by Gasteiger charge is -2.13. The predicted octanol–water partition coefficient (Wildman–Crippen LogP) is -0.591. The molecule has 0 bridgehead atoms. The van der Waals surface area contributed by atoms with Crippen molar-refractivity contribution in [2.75, 3.05) is 17.9 Å². The van der Waals surface area contributed by atoms with Crippen LogP contribution in [0.5, 0.6) is 0 Å². The van der Waals surface area contributed by atoms with Gasteiger partial charge in [-0.25, -0.2) is 21.6 Å². The Morgan fingerprint density at radius 2 is 1.82 bits per heavy atom. The summed E-state index contributed by atoms with van der Waals surface area (Å²) in [6.07, 6.45) is 1.16. The fourth-order valence-electron chi connectivity index (χ4n) is 1.18. The lowest BCUT2D eigenvalue weighted by Crippen LogP contribution is -2.34. The molecule has 2 N–H and O–H groups in total. The number of carboxylic acids is 1. The zero-order valence-corrected chi connectivity index (χ0v) is 11.3. The first-order chi connectivity index (χ1) is 7.56. The molecule has 0 rings (SSSR count). The van der Waals surface area contributed by atoms with E-state index < -0.39 is 30.9 Å². The fourth-order valence-corrected chi connectivity index (χ4v) is 4.25. The van der Waals surface area contributed by atoms with Gasteiger partial charge in [0.15, 0.2) is 14.9 Å². The van der Waals surface area contributed by atoms with Gasteiger partial charge in [-0.15, -0.1) is 0 Å². The quantitative estimate of drug-likeness (QED) is 0.616. The third kappa shape index (κ3) is 9.07. The summed E-state index contributed by atoms with van der Waals surface area (Å²) in [6, 6.07) is 0. The van der Waals surface area contributed by atoms with Gasteiger partial charge in [-0.05, 0) is 5.92 Å². The summed E-state index contributed by atoms with van der Waals surface area (Å²) in [6.45, 7) is 1.67. The van der Waals surface area contributed by atoms with Gasteiger partial charge in [0.1, 0.15) is 0 Å². The zero-order chi connectivity index (χ0) is 13.7. The van der Waals surface area contributed by atoms with Crippen molar-refractivity contribution in [3.05, 3.63) is 0 Å². The van der Waals surface area contributed by atoms with Gasteiger partial charge in [-0.2, -0.15) is 0 Å². The van der Waals surface area contributed by atoms with Crippen LogP contribution in [0.3, 0.4) is 0 Å². The van der Waals surface area contributed by atoms with Crippen molar-refractivity contribution in [1.82, 2.24) is 4.72 Å². The first-order valence-corrected chi connectivity index (χ1v) is 8.64. The topological polar surface area (TPSA) is 118 Å². The summed E-state index contributed by atoms with van der Waals surface area (Å²) in [5.41, 5.74) is 0. The highest BCUT2D eigenvalue weighted by Gasteiger charge is 2.20. The molecular formula is C8H17NO6S2. The minimum atomic E-state index is -3.91. The maximum Gasteiger partial charge on any atom is 0.303 e. The van der Waals surface area contributed by atoms with E-state index in [0.29, 0.717) is 6.42 Å². The normalized spacial score (nSPS) is 14.5. The van der Waals surface area contributed by atoms with E-state index in [1.807, 2.05) is 0 Å². The number of hydrogen-bond donors (Lipinski definition) is 2. The second-order valence-electron chi connectivity index (χ2n) is 3.88. The van der Waals surface area contributed by atoms with E-state index in [9.17, 15) is 21.6 Å². The van der Waals surface area contributed by atoms with Gasteiger partial charge < -0.3 is 5.11 Å². The number of sulfone groups is 1. The maximum absolute atomic E-state index is 11.3. The summed E-state index contributed by atoms with van der Waals surface area (Å²) in [5, 5.41) is 7.58. The number of carboxylic acid groups (broad SMARTS) is 1. The molecule has 0 fully saturated rings. The summed E-state index contributed by atoms with van der Waals surface area (Å²) in [7, 11) is -7.54. The van der Waals surface area contributed by atoms with E-state index in [2.05, 4.69) is 4.72 Å². The molecule has 1 unspecified atom stereocenters. The number of aliphatic carboxylic acids is 1. The van der Waals surface area contributed by atoms with Gasteiger partial charge in [0.2, 0.25) is 10.0 Å². The Bertz CT molecular complexity index is 452. The first kappa shape index (κ1) is 16.3. The first-order valence-electron chi connectivity index (χ1n) is 4.92. The van der Waals surface area contributed by atoms with Gasteiger partial charge in [0.25, 0.3) is 0 Å². The van der Waals surface area contributed by atoms with E-state index in [0.717, 1.165) is 6.26 Å². The van der Waals surface area contributed by atoms with E-state index in [1.165, 1.54) is 0 Å². The molecule has 0 heterocycles. The van der Waals surface area contributed by atoms with Crippen LogP contribution in [0.15, 0.2) is 0 Å². The maximum atomic E-state index is 11.3. The second-order valence-corrected chi connectivity index (χ2v) is 8.19. The minimum Gasteiger partial charge on any atom is -0.481 e. The van der Waals surface area contributed by atoms with Crippen molar-refractivity contribution in [3.8, 4) is 0 Å². The molecule has 0 aromatic carbocycles. The molecule has 0 aromatic heterocycles. The van der Waals surface area contributed by atoms with Crippen LogP contribution >= 0.6 is 0 Å². The predicted molar refractivity (Wildman–Crippen MR) is 62.7 cm³/mol. The monoisotopic (exact) mass is 287 g/mol. The Kier molecular flexibility index (Phi) is 6.06. The third-order valence-electron chi connectivity index (χ3n) is 2.00. The number of rotatable bonds is 8. The summed E-state index contributed by atoms with van der Waals surface area (Å²) in [5.74, 6) is -1.36. The van der Waals surface area contributed by atoms with E-state index in [-0.39, 0.29) is 18.9 Å². The molecule has 0 aliphatic rings. The van der Waals surface area contributed by atoms with Gasteiger partial charge in [-0.1, -0.05) is 13.3 Å².